The van der Waals surface area contributed by atoms with E-state index in [4.69, 9.17) is 4.74 Å². The van der Waals surface area contributed by atoms with Crippen LogP contribution in [0.2, 0.25) is 0 Å². The van der Waals surface area contributed by atoms with E-state index in [0.29, 0.717) is 17.1 Å². The van der Waals surface area contributed by atoms with E-state index in [2.05, 4.69) is 10.6 Å². The van der Waals surface area contributed by atoms with E-state index in [1.165, 1.54) is 6.92 Å². The first-order valence-corrected chi connectivity index (χ1v) is 7.80. The van der Waals surface area contributed by atoms with Gasteiger partial charge in [-0.2, -0.15) is 0 Å². The molecule has 0 bridgehead atoms. The molecule has 0 aliphatic rings. The Morgan fingerprint density at radius 1 is 0.909 bits per heavy atom. The highest BCUT2D eigenvalue weighted by Gasteiger charge is 2.05. The summed E-state index contributed by atoms with van der Waals surface area (Å²) in [5, 5.41) is 5.29. The summed E-state index contributed by atoms with van der Waals surface area (Å²) < 4.78 is 5.17. The molecule has 2 aromatic rings. The van der Waals surface area contributed by atoms with Crippen LogP contribution >= 0.6 is 11.8 Å². The Hall–Kier alpha value is -2.47. The number of nitrogens with one attached hydrogen (secondary N) is 2. The van der Waals surface area contributed by atoms with Crippen molar-refractivity contribution in [3.8, 4) is 5.75 Å². The van der Waals surface area contributed by atoms with Crippen LogP contribution in [-0.2, 0) is 4.79 Å². The molecule has 0 unspecified atom stereocenters. The first-order chi connectivity index (χ1) is 10.6. The molecule has 0 spiro atoms. The predicted molar refractivity (Wildman–Crippen MR) is 88.6 cm³/mol. The number of amides is 2. The van der Waals surface area contributed by atoms with Gasteiger partial charge in [0.1, 0.15) is 5.75 Å². The second-order valence-corrected chi connectivity index (χ2v) is 5.33. The third-order valence-corrected chi connectivity index (χ3v) is 3.47. The van der Waals surface area contributed by atoms with Gasteiger partial charge in [0.2, 0.25) is 5.91 Å². The number of carbonyl (C=O) groups is 2. The minimum absolute atomic E-state index is 0.153. The molecule has 2 amide bonds. The van der Waals surface area contributed by atoms with E-state index in [0.717, 1.165) is 4.90 Å². The van der Waals surface area contributed by atoms with Crippen molar-refractivity contribution in [2.75, 3.05) is 16.9 Å². The summed E-state index contributed by atoms with van der Waals surface area (Å²) in [6.45, 7) is 1.43. The number of ether oxygens (including phenoxy) is 1. The first-order valence-electron chi connectivity index (χ1n) is 6.57. The van der Waals surface area contributed by atoms with E-state index in [9.17, 15) is 9.59 Å². The van der Waals surface area contributed by atoms with E-state index >= 15 is 0 Å². The second kappa shape index (κ2) is 7.51. The maximum absolute atomic E-state index is 11.8. The number of hydrogen-bond donors (Lipinski definition) is 2. The van der Waals surface area contributed by atoms with Crippen molar-refractivity contribution in [3.63, 3.8) is 0 Å². The van der Waals surface area contributed by atoms with Crippen LogP contribution in [0, 0.1) is 0 Å². The molecule has 0 aliphatic heterocycles. The van der Waals surface area contributed by atoms with Gasteiger partial charge in [0.25, 0.3) is 0 Å². The lowest BCUT2D eigenvalue weighted by Crippen LogP contribution is -2.16. The highest BCUT2D eigenvalue weighted by atomic mass is 32.2. The minimum Gasteiger partial charge on any atom is -0.410 e. The van der Waals surface area contributed by atoms with Crippen molar-refractivity contribution in [1.82, 2.24) is 0 Å². The molecule has 6 heteroatoms. The van der Waals surface area contributed by atoms with Gasteiger partial charge in [0.05, 0.1) is 0 Å². The molecule has 0 saturated heterocycles. The van der Waals surface area contributed by atoms with Gasteiger partial charge < -0.3 is 10.1 Å². The van der Waals surface area contributed by atoms with Gasteiger partial charge in [0, 0.05) is 23.2 Å². The Morgan fingerprint density at radius 3 is 2.00 bits per heavy atom. The van der Waals surface area contributed by atoms with Crippen molar-refractivity contribution in [3.05, 3.63) is 48.5 Å². The van der Waals surface area contributed by atoms with Crippen molar-refractivity contribution < 1.29 is 14.3 Å². The number of rotatable bonds is 4. The summed E-state index contributed by atoms with van der Waals surface area (Å²) in [5.41, 5.74) is 1.31. The fourth-order valence-corrected chi connectivity index (χ4v) is 2.14. The van der Waals surface area contributed by atoms with Crippen LogP contribution in [0.1, 0.15) is 6.92 Å². The fourth-order valence-electron chi connectivity index (χ4n) is 1.73. The van der Waals surface area contributed by atoms with Gasteiger partial charge in [-0.15, -0.1) is 11.8 Å². The number of carbonyl (C=O) groups excluding carboxylic acids is 2. The van der Waals surface area contributed by atoms with Gasteiger partial charge in [-0.3, -0.25) is 10.1 Å². The van der Waals surface area contributed by atoms with Crippen LogP contribution in [0.25, 0.3) is 0 Å². The molecule has 22 heavy (non-hydrogen) atoms. The molecular formula is C16H16N2O3S. The van der Waals surface area contributed by atoms with Crippen molar-refractivity contribution in [2.45, 2.75) is 11.8 Å². The normalized spacial score (nSPS) is 9.91. The van der Waals surface area contributed by atoms with Crippen molar-refractivity contribution in [2.24, 2.45) is 0 Å². The zero-order valence-corrected chi connectivity index (χ0v) is 13.1. The second-order valence-electron chi connectivity index (χ2n) is 4.45. The first kappa shape index (κ1) is 15.9. The van der Waals surface area contributed by atoms with Gasteiger partial charge in [0.15, 0.2) is 0 Å². The molecule has 0 aromatic heterocycles. The van der Waals surface area contributed by atoms with Gasteiger partial charge in [-0.1, -0.05) is 0 Å². The SMILES string of the molecule is CSc1ccc(NC(=O)Oc2ccc(NC(C)=O)cc2)cc1. The smallest absolute Gasteiger partial charge is 0.410 e. The molecule has 2 rings (SSSR count). The molecule has 0 saturated carbocycles. The minimum atomic E-state index is -0.566. The molecule has 0 heterocycles. The summed E-state index contributed by atoms with van der Waals surface area (Å²) >= 11 is 1.63. The van der Waals surface area contributed by atoms with Gasteiger partial charge >= 0.3 is 6.09 Å². The van der Waals surface area contributed by atoms with Crippen LogP contribution in [0.5, 0.6) is 5.75 Å². The number of anilines is 2. The van der Waals surface area contributed by atoms with Gasteiger partial charge in [-0.05, 0) is 54.8 Å². The fraction of sp³-hybridized carbons (Fsp3) is 0.125. The predicted octanol–water partition coefficient (Wildman–Crippen LogP) is 3.98. The Morgan fingerprint density at radius 2 is 1.45 bits per heavy atom. The van der Waals surface area contributed by atoms with E-state index < -0.39 is 6.09 Å². The Balaban J connectivity index is 1.92. The molecule has 0 atom stereocenters. The number of hydrogen-bond acceptors (Lipinski definition) is 4. The molecule has 114 valence electrons. The van der Waals surface area contributed by atoms with Crippen LogP contribution in [-0.4, -0.2) is 18.3 Å². The summed E-state index contributed by atoms with van der Waals surface area (Å²) in [4.78, 5) is 23.8. The van der Waals surface area contributed by atoms with Crippen LogP contribution in [0.4, 0.5) is 16.2 Å². The van der Waals surface area contributed by atoms with E-state index in [1.54, 1.807) is 36.0 Å². The topological polar surface area (TPSA) is 67.4 Å². The molecule has 0 radical (unpaired) electrons. The lowest BCUT2D eigenvalue weighted by molar-refractivity contribution is -0.114. The van der Waals surface area contributed by atoms with E-state index in [1.807, 2.05) is 30.5 Å². The third-order valence-electron chi connectivity index (χ3n) is 2.72. The summed E-state index contributed by atoms with van der Waals surface area (Å²) in [7, 11) is 0. The largest absolute Gasteiger partial charge is 0.417 e. The Bertz CT molecular complexity index is 654. The lowest BCUT2D eigenvalue weighted by Gasteiger charge is -2.08. The van der Waals surface area contributed by atoms with Crippen molar-refractivity contribution in [1.29, 1.82) is 0 Å². The molecule has 2 aromatic carbocycles. The standard InChI is InChI=1S/C16H16N2O3S/c1-11(19)17-12-3-7-14(8-4-12)21-16(20)18-13-5-9-15(22-2)10-6-13/h3-10H,1-2H3,(H,17,19)(H,18,20). The van der Waals surface area contributed by atoms with E-state index in [-0.39, 0.29) is 5.91 Å². The highest BCUT2D eigenvalue weighted by Crippen LogP contribution is 2.19. The summed E-state index contributed by atoms with van der Waals surface area (Å²) in [6.07, 6.45) is 1.42. The zero-order chi connectivity index (χ0) is 15.9. The van der Waals surface area contributed by atoms with Crippen LogP contribution < -0.4 is 15.4 Å². The maximum Gasteiger partial charge on any atom is 0.417 e. The quantitative estimate of drug-likeness (QED) is 0.837. The average molecular weight is 316 g/mol. The third kappa shape index (κ3) is 4.82. The molecule has 5 nitrogen and oxygen atoms in total. The van der Waals surface area contributed by atoms with Crippen LogP contribution in [0.3, 0.4) is 0 Å². The maximum atomic E-state index is 11.8. The van der Waals surface area contributed by atoms with Gasteiger partial charge in [-0.25, -0.2) is 4.79 Å². The molecule has 2 N–H and O–H groups in total. The summed E-state index contributed by atoms with van der Waals surface area (Å²) in [6, 6.07) is 14.0. The average Bonchev–Trinajstić information content (AvgIpc) is 2.49. The zero-order valence-electron chi connectivity index (χ0n) is 12.3. The molecule has 0 aliphatic carbocycles. The highest BCUT2D eigenvalue weighted by molar-refractivity contribution is 7.98. The Kier molecular flexibility index (Phi) is 5.43. The summed E-state index contributed by atoms with van der Waals surface area (Å²) in [5.74, 6) is 0.243. The lowest BCUT2D eigenvalue weighted by atomic mass is 10.3. The molecule has 0 fully saturated rings. The Labute approximate surface area is 133 Å². The molecular weight excluding hydrogens is 300 g/mol. The number of thioether (sulfide) groups is 1. The monoisotopic (exact) mass is 316 g/mol. The van der Waals surface area contributed by atoms with Crippen molar-refractivity contribution >= 4 is 35.1 Å². The number of benzene rings is 2. The van der Waals surface area contributed by atoms with Crippen LogP contribution in [0.15, 0.2) is 53.4 Å².